The molecule has 62 valence electrons. The Bertz CT molecular complexity index is 181. The summed E-state index contributed by atoms with van der Waals surface area (Å²) in [6.07, 6.45) is 0.208. The summed E-state index contributed by atoms with van der Waals surface area (Å²) in [7, 11) is 1.31. The van der Waals surface area contributed by atoms with Crippen LogP contribution in [0.1, 0.15) is 6.42 Å². The van der Waals surface area contributed by atoms with Crippen LogP contribution < -0.4 is 10.9 Å². The number of rotatable bonds is 1. The predicted octanol–water partition coefficient (Wildman–Crippen LogP) is -1.20. The molecule has 1 saturated heterocycles. The predicted molar refractivity (Wildman–Crippen MR) is 36.3 cm³/mol. The van der Waals surface area contributed by atoms with E-state index in [0.717, 1.165) is 0 Å². The lowest BCUT2D eigenvalue weighted by Gasteiger charge is -2.20. The van der Waals surface area contributed by atoms with Crippen LogP contribution in [0.25, 0.3) is 0 Å². The topological polar surface area (TPSA) is 67.4 Å². The van der Waals surface area contributed by atoms with Crippen molar-refractivity contribution in [2.75, 3.05) is 13.7 Å². The van der Waals surface area contributed by atoms with Crippen molar-refractivity contribution < 1.29 is 14.3 Å². The van der Waals surface area contributed by atoms with Crippen LogP contribution in [0, 0.1) is 5.92 Å². The van der Waals surface area contributed by atoms with Gasteiger partial charge in [0.2, 0.25) is 5.91 Å². The summed E-state index contributed by atoms with van der Waals surface area (Å²) >= 11 is 0. The summed E-state index contributed by atoms with van der Waals surface area (Å²) in [5.74, 6) is -0.854. The van der Waals surface area contributed by atoms with Crippen LogP contribution in [0.2, 0.25) is 0 Å². The number of amides is 1. The Labute approximate surface area is 64.1 Å². The molecule has 0 radical (unpaired) electrons. The van der Waals surface area contributed by atoms with Crippen molar-refractivity contribution in [3.8, 4) is 0 Å². The van der Waals surface area contributed by atoms with Crippen molar-refractivity contribution in [3.63, 3.8) is 0 Å². The van der Waals surface area contributed by atoms with Gasteiger partial charge < -0.3 is 4.74 Å². The summed E-state index contributed by atoms with van der Waals surface area (Å²) in [5, 5.41) is 0. The third-order valence-electron chi connectivity index (χ3n) is 1.54. The molecule has 1 heterocycles. The van der Waals surface area contributed by atoms with Crippen molar-refractivity contribution in [2.45, 2.75) is 6.42 Å². The lowest BCUT2D eigenvalue weighted by Crippen LogP contribution is -2.49. The van der Waals surface area contributed by atoms with E-state index < -0.39 is 0 Å². The lowest BCUT2D eigenvalue weighted by atomic mass is 10.0. The van der Waals surface area contributed by atoms with Gasteiger partial charge in [0.15, 0.2) is 0 Å². The third-order valence-corrected chi connectivity index (χ3v) is 1.54. The van der Waals surface area contributed by atoms with Crippen LogP contribution in [0.5, 0.6) is 0 Å². The van der Waals surface area contributed by atoms with E-state index in [0.29, 0.717) is 6.54 Å². The summed E-state index contributed by atoms with van der Waals surface area (Å²) in [4.78, 5) is 21.6. The number of methoxy groups -OCH3 is 1. The zero-order valence-electron chi connectivity index (χ0n) is 6.22. The number of carbonyl (C=O) groups excluding carboxylic acids is 2. The molecular formula is C6H10N2O3. The summed E-state index contributed by atoms with van der Waals surface area (Å²) in [6, 6.07) is 0. The minimum Gasteiger partial charge on any atom is -0.469 e. The molecule has 5 heteroatoms. The molecule has 2 N–H and O–H groups in total. The van der Waals surface area contributed by atoms with Gasteiger partial charge in [-0.1, -0.05) is 0 Å². The SMILES string of the molecule is COC(=O)[C@H]1CNNC(=O)C1. The van der Waals surface area contributed by atoms with E-state index in [-0.39, 0.29) is 24.2 Å². The van der Waals surface area contributed by atoms with Crippen LogP contribution >= 0.6 is 0 Å². The highest BCUT2D eigenvalue weighted by molar-refractivity contribution is 5.83. The monoisotopic (exact) mass is 158 g/mol. The van der Waals surface area contributed by atoms with Crippen LogP contribution in [-0.4, -0.2) is 25.5 Å². The first-order valence-corrected chi connectivity index (χ1v) is 3.33. The Kier molecular flexibility index (Phi) is 2.43. The smallest absolute Gasteiger partial charge is 0.310 e. The first-order valence-electron chi connectivity index (χ1n) is 3.33. The highest BCUT2D eigenvalue weighted by Gasteiger charge is 2.25. The van der Waals surface area contributed by atoms with Crippen LogP contribution in [-0.2, 0) is 14.3 Å². The molecule has 0 aromatic rings. The van der Waals surface area contributed by atoms with Crippen molar-refractivity contribution in [1.29, 1.82) is 0 Å². The number of carbonyl (C=O) groups is 2. The summed E-state index contributed by atoms with van der Waals surface area (Å²) in [5.41, 5.74) is 4.99. The zero-order valence-corrected chi connectivity index (χ0v) is 6.22. The fourth-order valence-corrected chi connectivity index (χ4v) is 0.953. The fourth-order valence-electron chi connectivity index (χ4n) is 0.953. The lowest BCUT2D eigenvalue weighted by molar-refractivity contribution is -0.148. The van der Waals surface area contributed by atoms with E-state index >= 15 is 0 Å². The van der Waals surface area contributed by atoms with E-state index in [4.69, 9.17) is 0 Å². The Morgan fingerprint density at radius 2 is 2.45 bits per heavy atom. The molecule has 1 aliphatic heterocycles. The van der Waals surface area contributed by atoms with Gasteiger partial charge in [0.05, 0.1) is 13.0 Å². The molecule has 0 aromatic carbocycles. The molecular weight excluding hydrogens is 148 g/mol. The number of ether oxygens (including phenoxy) is 1. The Balaban J connectivity index is 2.45. The molecule has 0 aromatic heterocycles. The molecule has 1 amide bonds. The Morgan fingerprint density at radius 3 is 3.00 bits per heavy atom. The zero-order chi connectivity index (χ0) is 8.27. The second-order valence-electron chi connectivity index (χ2n) is 2.35. The van der Waals surface area contributed by atoms with Gasteiger partial charge >= 0.3 is 5.97 Å². The second kappa shape index (κ2) is 3.34. The van der Waals surface area contributed by atoms with Gasteiger partial charge in [-0.15, -0.1) is 0 Å². The maximum absolute atomic E-state index is 10.9. The average molecular weight is 158 g/mol. The van der Waals surface area contributed by atoms with Gasteiger partial charge in [-0.25, -0.2) is 5.43 Å². The van der Waals surface area contributed by atoms with E-state index in [9.17, 15) is 9.59 Å². The van der Waals surface area contributed by atoms with Gasteiger partial charge in [0.25, 0.3) is 0 Å². The number of hydrazine groups is 1. The standard InChI is InChI=1S/C6H10N2O3/c1-11-6(10)4-2-5(9)8-7-3-4/h4,7H,2-3H2,1H3,(H,8,9)/t4-/m1/s1. The molecule has 1 atom stereocenters. The van der Waals surface area contributed by atoms with Crippen molar-refractivity contribution in [3.05, 3.63) is 0 Å². The maximum Gasteiger partial charge on any atom is 0.310 e. The first kappa shape index (κ1) is 8.00. The first-order chi connectivity index (χ1) is 5.24. The molecule has 1 rings (SSSR count). The molecule has 0 aliphatic carbocycles. The minimum atomic E-state index is -0.340. The number of nitrogens with one attached hydrogen (secondary N) is 2. The van der Waals surface area contributed by atoms with Gasteiger partial charge in [-0.05, 0) is 0 Å². The van der Waals surface area contributed by atoms with Crippen molar-refractivity contribution in [1.82, 2.24) is 10.9 Å². The Hall–Kier alpha value is -1.10. The summed E-state index contributed by atoms with van der Waals surface area (Å²) in [6.45, 7) is 0.443. The number of hydrogen-bond donors (Lipinski definition) is 2. The molecule has 1 aliphatic rings. The molecule has 0 unspecified atom stereocenters. The third kappa shape index (κ3) is 1.91. The Morgan fingerprint density at radius 1 is 1.73 bits per heavy atom. The maximum atomic E-state index is 10.9. The highest BCUT2D eigenvalue weighted by Crippen LogP contribution is 2.06. The molecule has 0 saturated carbocycles. The van der Waals surface area contributed by atoms with Crippen molar-refractivity contribution in [2.24, 2.45) is 5.92 Å². The van der Waals surface area contributed by atoms with Crippen LogP contribution in [0.4, 0.5) is 0 Å². The molecule has 0 spiro atoms. The summed E-state index contributed by atoms with van der Waals surface area (Å²) < 4.78 is 4.48. The molecule has 0 bridgehead atoms. The molecule has 1 fully saturated rings. The van der Waals surface area contributed by atoms with Gasteiger partial charge in [0.1, 0.15) is 0 Å². The van der Waals surface area contributed by atoms with Gasteiger partial charge in [-0.2, -0.15) is 0 Å². The van der Waals surface area contributed by atoms with Gasteiger partial charge in [0, 0.05) is 13.0 Å². The highest BCUT2D eigenvalue weighted by atomic mass is 16.5. The average Bonchev–Trinajstić information content (AvgIpc) is 2.03. The van der Waals surface area contributed by atoms with Crippen molar-refractivity contribution >= 4 is 11.9 Å². The fraction of sp³-hybridized carbons (Fsp3) is 0.667. The number of hydrogen-bond acceptors (Lipinski definition) is 4. The second-order valence-corrected chi connectivity index (χ2v) is 2.35. The molecule has 5 nitrogen and oxygen atoms in total. The van der Waals surface area contributed by atoms with E-state index in [2.05, 4.69) is 15.6 Å². The van der Waals surface area contributed by atoms with Gasteiger partial charge in [-0.3, -0.25) is 15.0 Å². The minimum absolute atomic E-state index is 0.174. The van der Waals surface area contributed by atoms with Crippen LogP contribution in [0.15, 0.2) is 0 Å². The molecule has 11 heavy (non-hydrogen) atoms. The van der Waals surface area contributed by atoms with E-state index in [1.807, 2.05) is 0 Å². The van der Waals surface area contributed by atoms with Crippen LogP contribution in [0.3, 0.4) is 0 Å². The van der Waals surface area contributed by atoms with E-state index in [1.54, 1.807) is 0 Å². The number of esters is 1. The largest absolute Gasteiger partial charge is 0.469 e. The normalized spacial score (nSPS) is 24.1. The van der Waals surface area contributed by atoms with E-state index in [1.165, 1.54) is 7.11 Å². The quantitative estimate of drug-likeness (QED) is 0.470.